The number of carbonyl (C=O) groups excluding carboxylic acids is 1. The first kappa shape index (κ1) is 19.9. The highest BCUT2D eigenvalue weighted by molar-refractivity contribution is 9.10. The number of phenolic OH excluding ortho intramolecular Hbond substituents is 1. The van der Waals surface area contributed by atoms with E-state index in [1.165, 1.54) is 4.90 Å². The molecule has 0 spiro atoms. The molecule has 3 aromatic rings. The lowest BCUT2D eigenvalue weighted by atomic mass is 10.1. The molecule has 0 amide bonds. The Bertz CT molecular complexity index is 1030. The van der Waals surface area contributed by atoms with Crippen molar-refractivity contribution < 1.29 is 24.3 Å². The number of carbonyl (C=O) groups is 1. The van der Waals surface area contributed by atoms with Crippen LogP contribution in [0.25, 0.3) is 16.6 Å². The van der Waals surface area contributed by atoms with Gasteiger partial charge >= 0.3 is 5.97 Å². The van der Waals surface area contributed by atoms with Gasteiger partial charge in [0.25, 0.3) is 0 Å². The van der Waals surface area contributed by atoms with E-state index in [0.717, 1.165) is 30.0 Å². The van der Waals surface area contributed by atoms with Gasteiger partial charge in [-0.25, -0.2) is 4.79 Å². The molecule has 29 heavy (non-hydrogen) atoms. The lowest BCUT2D eigenvalue weighted by Crippen LogP contribution is -3.12. The molecule has 0 aliphatic carbocycles. The van der Waals surface area contributed by atoms with Crippen LogP contribution in [0.4, 0.5) is 0 Å². The molecule has 0 atom stereocenters. The van der Waals surface area contributed by atoms with Crippen LogP contribution in [0.3, 0.4) is 0 Å². The van der Waals surface area contributed by atoms with Crippen LogP contribution in [0.2, 0.25) is 0 Å². The summed E-state index contributed by atoms with van der Waals surface area (Å²) in [4.78, 5) is 14.4. The van der Waals surface area contributed by atoms with Crippen LogP contribution in [0, 0.1) is 0 Å². The molecule has 7 heteroatoms. The second-order valence-corrected chi connectivity index (χ2v) is 7.93. The normalized spacial score (nSPS) is 15.0. The van der Waals surface area contributed by atoms with E-state index in [1.54, 1.807) is 13.0 Å². The lowest BCUT2D eigenvalue weighted by molar-refractivity contribution is -0.921. The molecule has 0 saturated carbocycles. The van der Waals surface area contributed by atoms with Gasteiger partial charge in [0.05, 0.1) is 41.1 Å². The highest BCUT2D eigenvalue weighted by atomic mass is 79.9. The topological polar surface area (TPSA) is 65.1 Å². The zero-order valence-corrected chi connectivity index (χ0v) is 17.9. The van der Waals surface area contributed by atoms with Gasteiger partial charge in [-0.15, -0.1) is 0 Å². The maximum absolute atomic E-state index is 13.0. The molecule has 2 N–H and O–H groups in total. The Balaban J connectivity index is 1.99. The van der Waals surface area contributed by atoms with Crippen LogP contribution in [0.15, 0.2) is 46.9 Å². The van der Waals surface area contributed by atoms with E-state index in [4.69, 9.17) is 9.47 Å². The number of esters is 1. The second kappa shape index (κ2) is 8.57. The number of hydrogen-bond donors (Lipinski definition) is 2. The summed E-state index contributed by atoms with van der Waals surface area (Å²) in [5.74, 6) is -0.268. The average Bonchev–Trinajstić information content (AvgIpc) is 3.02. The number of quaternary nitrogens is 1. The van der Waals surface area contributed by atoms with Crippen LogP contribution in [-0.2, 0) is 16.0 Å². The van der Waals surface area contributed by atoms with E-state index in [0.29, 0.717) is 41.8 Å². The minimum Gasteiger partial charge on any atom is -0.507 e. The summed E-state index contributed by atoms with van der Waals surface area (Å²) < 4.78 is 13.6. The number of benzene rings is 2. The summed E-state index contributed by atoms with van der Waals surface area (Å²) in [5.41, 5.74) is 3.23. The molecule has 1 saturated heterocycles. The van der Waals surface area contributed by atoms with Crippen molar-refractivity contribution in [2.24, 2.45) is 0 Å². The number of nitrogens with one attached hydrogen (secondary N) is 1. The molecular formula is C22H24BrN2O4+. The summed E-state index contributed by atoms with van der Waals surface area (Å²) in [7, 11) is 0. The molecule has 4 rings (SSSR count). The molecule has 0 unspecified atom stereocenters. The first-order valence-electron chi connectivity index (χ1n) is 9.79. The van der Waals surface area contributed by atoms with Gasteiger partial charge in [0, 0.05) is 11.1 Å². The van der Waals surface area contributed by atoms with E-state index >= 15 is 0 Å². The largest absolute Gasteiger partial charge is 0.507 e. The van der Waals surface area contributed by atoms with E-state index in [9.17, 15) is 9.90 Å². The number of phenols is 1. The van der Waals surface area contributed by atoms with Crippen LogP contribution >= 0.6 is 15.9 Å². The minimum absolute atomic E-state index is 0.0959. The van der Waals surface area contributed by atoms with Gasteiger partial charge < -0.3 is 24.0 Å². The Labute approximate surface area is 177 Å². The first-order valence-corrected chi connectivity index (χ1v) is 10.6. The third-order valence-corrected chi connectivity index (χ3v) is 5.88. The molecule has 2 heterocycles. The van der Waals surface area contributed by atoms with Crippen LogP contribution in [0.1, 0.15) is 23.0 Å². The number of aromatic hydroxyl groups is 1. The number of halogens is 1. The first-order chi connectivity index (χ1) is 14.1. The number of nitrogens with zero attached hydrogens (tertiary/aromatic N) is 1. The minimum atomic E-state index is -0.364. The molecule has 1 aliphatic heterocycles. The SMILES string of the molecule is CCOC(=O)c1c(C[NH+]2CCOCC2)n(-c2ccccc2)c2cc(Br)c(O)cc12. The third kappa shape index (κ3) is 3.90. The van der Waals surface area contributed by atoms with Crippen molar-refractivity contribution in [2.45, 2.75) is 13.5 Å². The number of rotatable bonds is 5. The highest BCUT2D eigenvalue weighted by Crippen LogP contribution is 2.36. The van der Waals surface area contributed by atoms with Crippen molar-refractivity contribution in [1.82, 2.24) is 4.57 Å². The molecule has 6 nitrogen and oxygen atoms in total. The summed E-state index contributed by atoms with van der Waals surface area (Å²) in [6.45, 7) is 5.95. The average molecular weight is 460 g/mol. The number of ether oxygens (including phenoxy) is 2. The Morgan fingerprint density at radius 3 is 2.66 bits per heavy atom. The fraction of sp³-hybridized carbons (Fsp3) is 0.318. The van der Waals surface area contributed by atoms with E-state index in [1.807, 2.05) is 36.4 Å². The second-order valence-electron chi connectivity index (χ2n) is 7.07. The maximum atomic E-state index is 13.0. The zero-order chi connectivity index (χ0) is 20.4. The fourth-order valence-corrected chi connectivity index (χ4v) is 4.22. The van der Waals surface area contributed by atoms with E-state index in [2.05, 4.69) is 20.5 Å². The number of morpholine rings is 1. The zero-order valence-electron chi connectivity index (χ0n) is 16.3. The van der Waals surface area contributed by atoms with Gasteiger partial charge in [-0.1, -0.05) is 18.2 Å². The quantitative estimate of drug-likeness (QED) is 0.575. The van der Waals surface area contributed by atoms with E-state index in [-0.39, 0.29) is 11.7 Å². The number of hydrogen-bond acceptors (Lipinski definition) is 4. The molecule has 0 bridgehead atoms. The molecule has 2 aromatic carbocycles. The predicted molar refractivity (Wildman–Crippen MR) is 114 cm³/mol. The van der Waals surface area contributed by atoms with Crippen LogP contribution in [0.5, 0.6) is 5.75 Å². The summed E-state index contributed by atoms with van der Waals surface area (Å²) in [6.07, 6.45) is 0. The van der Waals surface area contributed by atoms with Gasteiger partial charge in [0.1, 0.15) is 25.4 Å². The molecule has 152 valence electrons. The fourth-order valence-electron chi connectivity index (χ4n) is 3.89. The van der Waals surface area contributed by atoms with Gasteiger partial charge in [0.2, 0.25) is 0 Å². The standard InChI is InChI=1S/C22H23BrN2O4/c1-2-29-22(27)21-16-12-20(26)17(23)13-18(16)25(15-6-4-3-5-7-15)19(21)14-24-8-10-28-11-9-24/h3-7,12-13,26H,2,8-11,14H2,1H3/p+1. The van der Waals surface area contributed by atoms with Crippen molar-refractivity contribution in [3.05, 3.63) is 58.2 Å². The Morgan fingerprint density at radius 2 is 1.97 bits per heavy atom. The van der Waals surface area contributed by atoms with Gasteiger partial charge in [-0.2, -0.15) is 0 Å². The van der Waals surface area contributed by atoms with Crippen molar-refractivity contribution >= 4 is 32.8 Å². The van der Waals surface area contributed by atoms with Crippen molar-refractivity contribution in [1.29, 1.82) is 0 Å². The number of fused-ring (bicyclic) bond motifs is 1. The Hall–Kier alpha value is -2.35. The smallest absolute Gasteiger partial charge is 0.340 e. The molecule has 0 radical (unpaired) electrons. The lowest BCUT2D eigenvalue weighted by Gasteiger charge is -2.25. The van der Waals surface area contributed by atoms with Crippen LogP contribution < -0.4 is 4.90 Å². The Kier molecular flexibility index (Phi) is 5.89. The summed E-state index contributed by atoms with van der Waals surface area (Å²) >= 11 is 3.42. The number of para-hydroxylation sites is 1. The van der Waals surface area contributed by atoms with E-state index < -0.39 is 0 Å². The molecule has 1 aliphatic rings. The van der Waals surface area contributed by atoms with Gasteiger partial charge in [-0.3, -0.25) is 0 Å². The van der Waals surface area contributed by atoms with Gasteiger partial charge in [-0.05, 0) is 47.1 Å². The summed E-state index contributed by atoms with van der Waals surface area (Å²) in [5, 5.41) is 11.0. The monoisotopic (exact) mass is 459 g/mol. The van der Waals surface area contributed by atoms with Crippen molar-refractivity contribution in [3.8, 4) is 11.4 Å². The maximum Gasteiger partial charge on any atom is 0.340 e. The predicted octanol–water partition coefficient (Wildman–Crippen LogP) is 2.69. The van der Waals surface area contributed by atoms with Crippen molar-refractivity contribution in [2.75, 3.05) is 32.9 Å². The summed E-state index contributed by atoms with van der Waals surface area (Å²) in [6, 6.07) is 13.5. The van der Waals surface area contributed by atoms with Crippen LogP contribution in [-0.4, -0.2) is 48.6 Å². The highest BCUT2D eigenvalue weighted by Gasteiger charge is 2.29. The Morgan fingerprint density at radius 1 is 1.24 bits per heavy atom. The molecular weight excluding hydrogens is 436 g/mol. The number of aromatic nitrogens is 1. The third-order valence-electron chi connectivity index (χ3n) is 5.25. The molecule has 1 fully saturated rings. The van der Waals surface area contributed by atoms with Gasteiger partial charge in [0.15, 0.2) is 0 Å². The molecule has 1 aromatic heterocycles. The van der Waals surface area contributed by atoms with Crippen molar-refractivity contribution in [3.63, 3.8) is 0 Å².